The van der Waals surface area contributed by atoms with Gasteiger partial charge in [0, 0.05) is 70.9 Å². The first-order chi connectivity index (χ1) is 21.8. The molecule has 236 valence electrons. The van der Waals surface area contributed by atoms with Gasteiger partial charge in [0.2, 0.25) is 0 Å². The molecule has 2 N–H and O–H groups in total. The average Bonchev–Trinajstić information content (AvgIpc) is 3.51. The number of benzene rings is 2. The van der Waals surface area contributed by atoms with E-state index in [9.17, 15) is 9.59 Å². The van der Waals surface area contributed by atoms with E-state index >= 15 is 4.39 Å². The van der Waals surface area contributed by atoms with E-state index in [2.05, 4.69) is 20.5 Å². The van der Waals surface area contributed by atoms with Crippen LogP contribution in [0.2, 0.25) is 0 Å². The summed E-state index contributed by atoms with van der Waals surface area (Å²) in [6.45, 7) is 4.35. The Bertz CT molecular complexity index is 1630. The van der Waals surface area contributed by atoms with Crippen LogP contribution in [-0.2, 0) is 16.1 Å². The smallest absolute Gasteiger partial charge is 0.256 e. The first-order valence-corrected chi connectivity index (χ1v) is 15.4. The van der Waals surface area contributed by atoms with E-state index in [1.807, 2.05) is 84.4 Å². The van der Waals surface area contributed by atoms with Crippen molar-refractivity contribution in [2.24, 2.45) is 0 Å². The SMILES string of the molecule is C/C=C\N(C)CCCNC1=C(F)C=C2C(=O)C(C(=O)NCCCn3ccnc3)=CN(C)C2CC1Oc1ccc2ccccc2c1. The lowest BCUT2D eigenvalue weighted by Gasteiger charge is -2.35. The minimum atomic E-state index is -0.694. The van der Waals surface area contributed by atoms with Crippen molar-refractivity contribution in [3.05, 3.63) is 108 Å². The molecule has 5 rings (SSSR count). The van der Waals surface area contributed by atoms with E-state index in [-0.39, 0.29) is 11.1 Å². The van der Waals surface area contributed by atoms with E-state index < -0.39 is 29.7 Å². The van der Waals surface area contributed by atoms with Crippen LogP contribution in [0.3, 0.4) is 0 Å². The number of halogens is 1. The monoisotopic (exact) mass is 612 g/mol. The number of fused-ring (bicyclic) bond motifs is 2. The predicted molar refractivity (Wildman–Crippen MR) is 174 cm³/mol. The number of carbonyl (C=O) groups is 2. The molecular weight excluding hydrogens is 571 g/mol. The molecule has 10 heteroatoms. The summed E-state index contributed by atoms with van der Waals surface area (Å²) in [6.07, 6.45) is 13.1. The van der Waals surface area contributed by atoms with Gasteiger partial charge in [-0.3, -0.25) is 9.59 Å². The fraction of sp³-hybridized carbons (Fsp3) is 0.343. The van der Waals surface area contributed by atoms with E-state index in [4.69, 9.17) is 4.74 Å². The van der Waals surface area contributed by atoms with Crippen LogP contribution < -0.4 is 15.4 Å². The minimum Gasteiger partial charge on any atom is -0.484 e. The molecule has 0 saturated heterocycles. The number of carbonyl (C=O) groups excluding carboxylic acids is 2. The molecule has 2 unspecified atom stereocenters. The van der Waals surface area contributed by atoms with Gasteiger partial charge in [-0.15, -0.1) is 0 Å². The Morgan fingerprint density at radius 2 is 2.00 bits per heavy atom. The Morgan fingerprint density at radius 1 is 1.18 bits per heavy atom. The van der Waals surface area contributed by atoms with E-state index in [0.717, 1.165) is 23.7 Å². The number of imidazole rings is 1. The Kier molecular flexibility index (Phi) is 10.3. The third-order valence-electron chi connectivity index (χ3n) is 8.08. The van der Waals surface area contributed by atoms with Gasteiger partial charge in [0.25, 0.3) is 5.91 Å². The molecule has 0 radical (unpaired) electrons. The summed E-state index contributed by atoms with van der Waals surface area (Å²) in [6, 6.07) is 13.3. The van der Waals surface area contributed by atoms with Gasteiger partial charge < -0.3 is 29.7 Å². The third-order valence-corrected chi connectivity index (χ3v) is 8.08. The summed E-state index contributed by atoms with van der Waals surface area (Å²) >= 11 is 0. The van der Waals surface area contributed by atoms with Crippen LogP contribution >= 0.6 is 0 Å². The standard InChI is InChI=1S/C35H41FN6O3/c1-4-16-40(2)17-7-13-38-33-30(36)21-28-31(22-32(33)45-27-12-11-25-9-5-6-10-26(25)20-27)41(3)23-29(34(28)43)35(44)39-14-8-18-42-19-15-37-24-42/h4-6,9-12,15-16,19-21,23-24,31-32,38H,7-8,13-14,17-18,22H2,1-3H3,(H,39,44)/b16-4-. The molecule has 45 heavy (non-hydrogen) atoms. The summed E-state index contributed by atoms with van der Waals surface area (Å²) in [5, 5.41) is 8.22. The molecule has 0 saturated carbocycles. The fourth-order valence-electron chi connectivity index (χ4n) is 5.75. The largest absolute Gasteiger partial charge is 0.484 e. The van der Waals surface area contributed by atoms with Gasteiger partial charge in [0.15, 0.2) is 5.78 Å². The maximum absolute atomic E-state index is 16.1. The second kappa shape index (κ2) is 14.7. The number of aryl methyl sites for hydroxylation is 1. The van der Waals surface area contributed by atoms with E-state index in [0.29, 0.717) is 43.9 Å². The molecule has 0 fully saturated rings. The van der Waals surface area contributed by atoms with Crippen molar-refractivity contribution in [1.82, 2.24) is 30.0 Å². The second-order valence-electron chi connectivity index (χ2n) is 11.4. The molecule has 3 aromatic rings. The third kappa shape index (κ3) is 7.81. The number of nitrogens with zero attached hydrogens (tertiary/aromatic N) is 4. The topological polar surface area (TPSA) is 91.7 Å². The number of ketones is 1. The molecule has 2 atom stereocenters. The van der Waals surface area contributed by atoms with Crippen LogP contribution in [0.5, 0.6) is 5.75 Å². The summed E-state index contributed by atoms with van der Waals surface area (Å²) in [7, 11) is 3.80. The van der Waals surface area contributed by atoms with Gasteiger partial charge in [-0.1, -0.05) is 36.4 Å². The maximum Gasteiger partial charge on any atom is 0.256 e. The van der Waals surface area contributed by atoms with Crippen LogP contribution in [0.1, 0.15) is 26.2 Å². The Labute approximate surface area is 263 Å². The number of hydrogen-bond acceptors (Lipinski definition) is 7. The molecule has 1 aromatic heterocycles. The Hall–Kier alpha value is -4.86. The summed E-state index contributed by atoms with van der Waals surface area (Å²) in [4.78, 5) is 34.7. The summed E-state index contributed by atoms with van der Waals surface area (Å²) < 4.78 is 24.6. The molecule has 0 spiro atoms. The predicted octanol–water partition coefficient (Wildman–Crippen LogP) is 4.71. The highest BCUT2D eigenvalue weighted by molar-refractivity contribution is 6.26. The van der Waals surface area contributed by atoms with Crippen molar-refractivity contribution < 1.29 is 18.7 Å². The van der Waals surface area contributed by atoms with Crippen molar-refractivity contribution in [3.8, 4) is 5.75 Å². The van der Waals surface area contributed by atoms with Gasteiger partial charge >= 0.3 is 0 Å². The number of rotatable bonds is 13. The Morgan fingerprint density at radius 3 is 2.78 bits per heavy atom. The van der Waals surface area contributed by atoms with Crippen LogP contribution in [0.4, 0.5) is 4.39 Å². The lowest BCUT2D eigenvalue weighted by Crippen LogP contribution is -2.44. The molecular formula is C35H41FN6O3. The number of nitrogens with one attached hydrogen (secondary N) is 2. The van der Waals surface area contributed by atoms with Crippen molar-refractivity contribution in [2.45, 2.75) is 44.9 Å². The quantitative estimate of drug-likeness (QED) is 0.213. The van der Waals surface area contributed by atoms with Gasteiger partial charge in [0.1, 0.15) is 23.3 Å². The van der Waals surface area contributed by atoms with Crippen molar-refractivity contribution in [1.29, 1.82) is 0 Å². The second-order valence-corrected chi connectivity index (χ2v) is 11.4. The minimum absolute atomic E-state index is 0.00847. The zero-order valence-corrected chi connectivity index (χ0v) is 26.1. The molecule has 9 nitrogen and oxygen atoms in total. The number of aromatic nitrogens is 2. The number of likely N-dealkylation sites (N-methyl/N-ethyl adjacent to an activating group) is 1. The van der Waals surface area contributed by atoms with Gasteiger partial charge in [-0.2, -0.15) is 0 Å². The average molecular weight is 613 g/mol. The Balaban J connectivity index is 1.35. The first kappa shape index (κ1) is 31.6. The molecule has 2 heterocycles. The molecule has 0 bridgehead atoms. The number of amides is 1. The number of Topliss-reactive ketones (excluding diaryl/α,β-unsaturated/α-hetero) is 1. The van der Waals surface area contributed by atoms with Crippen molar-refractivity contribution in [2.75, 3.05) is 33.7 Å². The highest BCUT2D eigenvalue weighted by Crippen LogP contribution is 2.34. The highest BCUT2D eigenvalue weighted by Gasteiger charge is 2.39. The number of hydrogen-bond donors (Lipinski definition) is 2. The van der Waals surface area contributed by atoms with E-state index in [1.165, 1.54) is 6.08 Å². The molecule has 1 aliphatic heterocycles. The zero-order valence-electron chi connectivity index (χ0n) is 26.1. The van der Waals surface area contributed by atoms with Crippen LogP contribution in [-0.4, -0.2) is 76.9 Å². The highest BCUT2D eigenvalue weighted by atomic mass is 19.1. The molecule has 1 amide bonds. The summed E-state index contributed by atoms with van der Waals surface area (Å²) in [5.41, 5.74) is 0.522. The first-order valence-electron chi connectivity index (χ1n) is 15.4. The zero-order chi connectivity index (χ0) is 31.8. The molecule has 1 aliphatic carbocycles. The lowest BCUT2D eigenvalue weighted by molar-refractivity contribution is -0.122. The van der Waals surface area contributed by atoms with E-state index in [1.54, 1.807) is 25.8 Å². The van der Waals surface area contributed by atoms with Crippen LogP contribution in [0, 0.1) is 0 Å². The molecule has 2 aliphatic rings. The lowest BCUT2D eigenvalue weighted by atomic mass is 9.90. The number of ether oxygens (including phenoxy) is 1. The summed E-state index contributed by atoms with van der Waals surface area (Å²) in [5.74, 6) is -0.904. The van der Waals surface area contributed by atoms with Gasteiger partial charge in [0.05, 0.1) is 18.1 Å². The van der Waals surface area contributed by atoms with Crippen molar-refractivity contribution >= 4 is 22.5 Å². The normalized spacial score (nSPS) is 18.4. The maximum atomic E-state index is 16.1. The van der Waals surface area contributed by atoms with Gasteiger partial charge in [-0.05, 0) is 54.9 Å². The van der Waals surface area contributed by atoms with Gasteiger partial charge in [-0.25, -0.2) is 9.37 Å². The van der Waals surface area contributed by atoms with Crippen LogP contribution in [0.15, 0.2) is 108 Å². The fourth-order valence-corrected chi connectivity index (χ4v) is 5.75. The van der Waals surface area contributed by atoms with Crippen LogP contribution in [0.25, 0.3) is 10.8 Å². The van der Waals surface area contributed by atoms with Crippen molar-refractivity contribution in [3.63, 3.8) is 0 Å². The number of allylic oxidation sites excluding steroid dienone is 3. The molecule has 2 aromatic carbocycles.